The number of nitrogens with one attached hydrogen (secondary N) is 2. The fraction of sp³-hybridized carbons (Fsp3) is 0.556. The number of carbonyl (C=O) groups excluding carboxylic acids is 2. The molecule has 6 heteroatoms. The van der Waals surface area contributed by atoms with E-state index >= 15 is 0 Å². The molecule has 1 fully saturated rings. The van der Waals surface area contributed by atoms with Crippen molar-refractivity contribution in [3.8, 4) is 0 Å². The highest BCUT2D eigenvalue weighted by molar-refractivity contribution is 5.99. The van der Waals surface area contributed by atoms with Crippen molar-refractivity contribution in [2.45, 2.75) is 45.1 Å². The van der Waals surface area contributed by atoms with Crippen LogP contribution in [0.1, 0.15) is 48.5 Å². The van der Waals surface area contributed by atoms with E-state index in [9.17, 15) is 9.59 Å². The maximum Gasteiger partial charge on any atom is 0.252 e. The van der Waals surface area contributed by atoms with Crippen LogP contribution in [0.5, 0.6) is 0 Å². The van der Waals surface area contributed by atoms with Crippen molar-refractivity contribution >= 4 is 29.9 Å². The Balaban J connectivity index is 0.00000208. The Morgan fingerprint density at radius 2 is 1.92 bits per heavy atom. The van der Waals surface area contributed by atoms with Gasteiger partial charge < -0.3 is 15.5 Å². The summed E-state index contributed by atoms with van der Waals surface area (Å²) in [7, 11) is 0. The van der Waals surface area contributed by atoms with E-state index in [1.165, 1.54) is 6.42 Å². The van der Waals surface area contributed by atoms with Gasteiger partial charge >= 0.3 is 0 Å². The van der Waals surface area contributed by atoms with Crippen LogP contribution in [0.3, 0.4) is 0 Å². The van der Waals surface area contributed by atoms with E-state index in [4.69, 9.17) is 0 Å². The molecule has 0 radical (unpaired) electrons. The van der Waals surface area contributed by atoms with Crippen LogP contribution in [0.15, 0.2) is 18.2 Å². The van der Waals surface area contributed by atoms with Crippen molar-refractivity contribution in [1.29, 1.82) is 0 Å². The minimum Gasteiger partial charge on any atom is -0.385 e. The predicted molar refractivity (Wildman–Crippen MR) is 97.9 cm³/mol. The minimum absolute atomic E-state index is 0. The lowest BCUT2D eigenvalue weighted by Crippen LogP contribution is -2.48. The normalized spacial score (nSPS) is 17.8. The van der Waals surface area contributed by atoms with E-state index in [-0.39, 0.29) is 24.2 Å². The summed E-state index contributed by atoms with van der Waals surface area (Å²) in [5.74, 6) is -0.121. The van der Waals surface area contributed by atoms with Gasteiger partial charge in [-0.1, -0.05) is 6.07 Å². The quantitative estimate of drug-likeness (QED) is 0.880. The first-order chi connectivity index (χ1) is 11.2. The van der Waals surface area contributed by atoms with E-state index in [2.05, 4.69) is 10.6 Å². The molecule has 0 spiro atoms. The first-order valence-corrected chi connectivity index (χ1v) is 8.62. The number of nitrogens with zero attached hydrogens (tertiary/aromatic N) is 1. The number of benzene rings is 1. The van der Waals surface area contributed by atoms with Crippen LogP contribution in [0, 0.1) is 0 Å². The summed E-state index contributed by atoms with van der Waals surface area (Å²) in [4.78, 5) is 26.9. The third-order valence-electron chi connectivity index (χ3n) is 4.73. The molecule has 0 aromatic heterocycles. The average molecular weight is 352 g/mol. The zero-order valence-corrected chi connectivity index (χ0v) is 15.0. The van der Waals surface area contributed by atoms with E-state index in [1.54, 1.807) is 6.92 Å². The second-order valence-electron chi connectivity index (χ2n) is 6.44. The molecule has 2 aliphatic rings. The fourth-order valence-corrected chi connectivity index (χ4v) is 3.45. The summed E-state index contributed by atoms with van der Waals surface area (Å²) in [5, 5.41) is 6.22. The van der Waals surface area contributed by atoms with Gasteiger partial charge in [0.2, 0.25) is 5.91 Å². The highest BCUT2D eigenvalue weighted by Gasteiger charge is 2.25. The van der Waals surface area contributed by atoms with Gasteiger partial charge in [0.15, 0.2) is 0 Å². The third kappa shape index (κ3) is 4.01. The second kappa shape index (κ2) is 8.38. The molecule has 0 saturated carbocycles. The monoisotopic (exact) mass is 351 g/mol. The van der Waals surface area contributed by atoms with E-state index in [0.717, 1.165) is 56.6 Å². The van der Waals surface area contributed by atoms with Gasteiger partial charge in [-0.2, -0.15) is 0 Å². The number of piperidine rings is 1. The molecule has 2 aliphatic heterocycles. The van der Waals surface area contributed by atoms with Gasteiger partial charge in [-0.05, 0) is 56.7 Å². The van der Waals surface area contributed by atoms with Crippen molar-refractivity contribution in [3.63, 3.8) is 0 Å². The van der Waals surface area contributed by atoms with Crippen LogP contribution in [-0.4, -0.2) is 42.4 Å². The van der Waals surface area contributed by atoms with Crippen LogP contribution in [0.25, 0.3) is 0 Å². The van der Waals surface area contributed by atoms with Crippen LogP contribution >= 0.6 is 12.4 Å². The van der Waals surface area contributed by atoms with Crippen molar-refractivity contribution in [2.24, 2.45) is 0 Å². The molecule has 5 nitrogen and oxygen atoms in total. The van der Waals surface area contributed by atoms with E-state index < -0.39 is 6.04 Å². The lowest BCUT2D eigenvalue weighted by atomic mass is 9.97. The van der Waals surface area contributed by atoms with Crippen molar-refractivity contribution in [3.05, 3.63) is 29.3 Å². The predicted octanol–water partition coefficient (Wildman–Crippen LogP) is 2.60. The number of carbonyl (C=O) groups is 2. The van der Waals surface area contributed by atoms with Crippen LogP contribution in [0.2, 0.25) is 0 Å². The zero-order chi connectivity index (χ0) is 16.2. The number of fused-ring (bicyclic) bond motifs is 1. The smallest absolute Gasteiger partial charge is 0.252 e. The minimum atomic E-state index is -0.479. The van der Waals surface area contributed by atoms with Gasteiger partial charge in [-0.25, -0.2) is 0 Å². The summed E-state index contributed by atoms with van der Waals surface area (Å²) in [6.07, 6.45) is 5.24. The highest BCUT2D eigenvalue weighted by Crippen LogP contribution is 2.25. The lowest BCUT2D eigenvalue weighted by molar-refractivity contribution is -0.133. The Morgan fingerprint density at radius 3 is 2.67 bits per heavy atom. The second-order valence-corrected chi connectivity index (χ2v) is 6.44. The zero-order valence-electron chi connectivity index (χ0n) is 14.1. The number of anilines is 1. The molecular weight excluding hydrogens is 326 g/mol. The van der Waals surface area contributed by atoms with Gasteiger partial charge in [-0.3, -0.25) is 9.59 Å². The molecule has 132 valence electrons. The largest absolute Gasteiger partial charge is 0.385 e. The summed E-state index contributed by atoms with van der Waals surface area (Å²) < 4.78 is 0. The first-order valence-electron chi connectivity index (χ1n) is 8.62. The number of likely N-dealkylation sites (tertiary alicyclic amines) is 1. The first kappa shape index (κ1) is 18.6. The van der Waals surface area contributed by atoms with Crippen molar-refractivity contribution < 1.29 is 9.59 Å². The molecule has 1 aromatic carbocycles. The number of hydrogen-bond donors (Lipinski definition) is 2. The summed E-state index contributed by atoms with van der Waals surface area (Å²) in [6.45, 7) is 4.35. The van der Waals surface area contributed by atoms with Gasteiger partial charge in [-0.15, -0.1) is 12.4 Å². The van der Waals surface area contributed by atoms with E-state index in [0.29, 0.717) is 5.56 Å². The molecule has 24 heavy (non-hydrogen) atoms. The Morgan fingerprint density at radius 1 is 1.17 bits per heavy atom. The molecule has 0 bridgehead atoms. The van der Waals surface area contributed by atoms with Crippen molar-refractivity contribution in [2.75, 3.05) is 25.0 Å². The molecule has 3 rings (SSSR count). The topological polar surface area (TPSA) is 61.4 Å². The molecule has 1 unspecified atom stereocenters. The Bertz CT molecular complexity index is 600. The molecule has 1 saturated heterocycles. The molecular formula is C18H26ClN3O2. The standard InChI is InChI=1S/C18H25N3O2.ClH/c1-13(18(23)21-11-3-2-4-12-21)20-17(22)15-7-5-9-16-14(15)8-6-10-19-16;/h5,7,9,13,19H,2-4,6,8,10-12H2,1H3,(H,20,22);1H. The fourth-order valence-electron chi connectivity index (χ4n) is 3.45. The number of halogens is 1. The van der Waals surface area contributed by atoms with E-state index in [1.807, 2.05) is 23.1 Å². The van der Waals surface area contributed by atoms with Crippen molar-refractivity contribution in [1.82, 2.24) is 10.2 Å². The van der Waals surface area contributed by atoms with Gasteiger partial charge in [0.05, 0.1) is 0 Å². The van der Waals surface area contributed by atoms with Crippen LogP contribution in [-0.2, 0) is 11.2 Å². The lowest BCUT2D eigenvalue weighted by Gasteiger charge is -2.29. The Hall–Kier alpha value is -1.75. The average Bonchev–Trinajstić information content (AvgIpc) is 2.61. The number of hydrogen-bond acceptors (Lipinski definition) is 3. The molecule has 2 heterocycles. The van der Waals surface area contributed by atoms with Gasteiger partial charge in [0.1, 0.15) is 6.04 Å². The Kier molecular flexibility index (Phi) is 6.49. The number of rotatable bonds is 3. The van der Waals surface area contributed by atoms with Gasteiger partial charge in [0.25, 0.3) is 5.91 Å². The molecule has 0 aliphatic carbocycles. The third-order valence-corrected chi connectivity index (χ3v) is 4.73. The molecule has 1 aromatic rings. The number of amides is 2. The summed E-state index contributed by atoms with van der Waals surface area (Å²) in [5.41, 5.74) is 2.79. The SMILES string of the molecule is CC(NC(=O)c1cccc2c1CCCN2)C(=O)N1CCCCC1.Cl. The van der Waals surface area contributed by atoms with Crippen LogP contribution in [0.4, 0.5) is 5.69 Å². The maximum atomic E-state index is 12.6. The van der Waals surface area contributed by atoms with Crippen LogP contribution < -0.4 is 10.6 Å². The summed E-state index contributed by atoms with van der Waals surface area (Å²) in [6, 6.07) is 5.27. The summed E-state index contributed by atoms with van der Waals surface area (Å²) >= 11 is 0. The maximum absolute atomic E-state index is 12.6. The molecule has 1 atom stereocenters. The van der Waals surface area contributed by atoms with Gasteiger partial charge in [0, 0.05) is 30.9 Å². The highest BCUT2D eigenvalue weighted by atomic mass is 35.5. The molecule has 2 N–H and O–H groups in total. The Labute approximate surface area is 149 Å². The molecule has 2 amide bonds.